The average Bonchev–Trinajstić information content (AvgIpc) is 3.69. The number of anilines is 1. The SMILES string of the molecule is CCNCCNC(=O)CN(CC(=O)N(C)N1Cc2ccccc2C1)c1cc(-c2noc(C)n2)cc2c1OCC2.Cl.Cl. The first-order chi connectivity index (χ1) is 18.9. The zero-order chi connectivity index (χ0) is 27.4. The van der Waals surface area contributed by atoms with Gasteiger partial charge < -0.3 is 24.8 Å². The third kappa shape index (κ3) is 7.48. The lowest BCUT2D eigenvalue weighted by atomic mass is 10.1. The van der Waals surface area contributed by atoms with E-state index in [-0.39, 0.29) is 49.7 Å². The van der Waals surface area contributed by atoms with Crippen LogP contribution in [0.5, 0.6) is 5.75 Å². The van der Waals surface area contributed by atoms with Crippen LogP contribution in [0, 0.1) is 6.92 Å². The fourth-order valence-corrected chi connectivity index (χ4v) is 4.94. The predicted molar refractivity (Wildman–Crippen MR) is 160 cm³/mol. The molecule has 0 atom stereocenters. The Hall–Kier alpha value is -3.38. The molecule has 1 aromatic heterocycles. The summed E-state index contributed by atoms with van der Waals surface area (Å²) < 4.78 is 11.2. The van der Waals surface area contributed by atoms with E-state index in [1.807, 2.05) is 36.2 Å². The van der Waals surface area contributed by atoms with Crippen LogP contribution >= 0.6 is 24.8 Å². The number of hydrazine groups is 1. The number of likely N-dealkylation sites (N-methyl/N-ethyl adjacent to an activating group) is 2. The second kappa shape index (κ2) is 14.5. The Balaban J connectivity index is 0.00000231. The Morgan fingerprint density at radius 2 is 1.78 bits per heavy atom. The van der Waals surface area contributed by atoms with Crippen LogP contribution in [0.2, 0.25) is 0 Å². The van der Waals surface area contributed by atoms with E-state index in [9.17, 15) is 9.59 Å². The number of halogens is 2. The van der Waals surface area contributed by atoms with Gasteiger partial charge in [0.15, 0.2) is 0 Å². The normalized spacial score (nSPS) is 13.3. The second-order valence-corrected chi connectivity index (χ2v) is 9.79. The molecule has 5 rings (SSSR count). The van der Waals surface area contributed by atoms with E-state index in [4.69, 9.17) is 9.26 Å². The molecule has 11 nitrogen and oxygen atoms in total. The van der Waals surface area contributed by atoms with Crippen LogP contribution in [0.15, 0.2) is 40.9 Å². The van der Waals surface area contributed by atoms with Crippen LogP contribution in [0.4, 0.5) is 5.69 Å². The van der Waals surface area contributed by atoms with Gasteiger partial charge in [-0.15, -0.1) is 24.8 Å². The molecule has 0 saturated heterocycles. The molecule has 41 heavy (non-hydrogen) atoms. The van der Waals surface area contributed by atoms with Gasteiger partial charge in [0.2, 0.25) is 17.6 Å². The van der Waals surface area contributed by atoms with Crippen LogP contribution in [0.1, 0.15) is 29.5 Å². The smallest absolute Gasteiger partial charge is 0.256 e. The van der Waals surface area contributed by atoms with Gasteiger partial charge in [-0.2, -0.15) is 4.98 Å². The minimum Gasteiger partial charge on any atom is -0.491 e. The Bertz CT molecular complexity index is 1330. The summed E-state index contributed by atoms with van der Waals surface area (Å²) >= 11 is 0. The van der Waals surface area contributed by atoms with Crippen LogP contribution in [0.3, 0.4) is 0 Å². The Morgan fingerprint density at radius 3 is 2.44 bits per heavy atom. The Kier molecular flexibility index (Phi) is 11.4. The molecule has 2 N–H and O–H groups in total. The van der Waals surface area contributed by atoms with Gasteiger partial charge in [0.1, 0.15) is 5.75 Å². The largest absolute Gasteiger partial charge is 0.491 e. The number of benzene rings is 2. The standard InChI is InChI=1S/C28H35N7O4.2ClH/c1-4-29-10-11-30-25(36)17-34(18-26(37)33(3)35-15-21-7-5-6-8-22(21)16-35)24-14-23(28-31-19(2)39-32-28)13-20-9-12-38-27(20)24;;/h5-8,13-14,29H,4,9-12,15-18H2,1-3H3,(H,30,36);2*1H. The van der Waals surface area contributed by atoms with Crippen LogP contribution < -0.4 is 20.3 Å². The van der Waals surface area contributed by atoms with Gasteiger partial charge in [0.05, 0.1) is 25.4 Å². The second-order valence-electron chi connectivity index (χ2n) is 9.79. The third-order valence-electron chi connectivity index (χ3n) is 7.03. The Morgan fingerprint density at radius 1 is 1.05 bits per heavy atom. The molecule has 222 valence electrons. The minimum absolute atomic E-state index is 0. The molecule has 3 aromatic rings. The summed E-state index contributed by atoms with van der Waals surface area (Å²) in [5.74, 6) is 1.30. The van der Waals surface area contributed by atoms with Crippen LogP contribution in [0.25, 0.3) is 11.4 Å². The number of nitrogens with one attached hydrogen (secondary N) is 2. The third-order valence-corrected chi connectivity index (χ3v) is 7.03. The summed E-state index contributed by atoms with van der Waals surface area (Å²) in [6.45, 7) is 7.59. The highest BCUT2D eigenvalue weighted by atomic mass is 35.5. The molecule has 13 heteroatoms. The number of fused-ring (bicyclic) bond motifs is 2. The molecule has 2 amide bonds. The van der Waals surface area contributed by atoms with Crippen molar-refractivity contribution in [1.29, 1.82) is 0 Å². The van der Waals surface area contributed by atoms with Gasteiger partial charge in [-0.05, 0) is 29.8 Å². The lowest BCUT2D eigenvalue weighted by molar-refractivity contribution is -0.145. The number of hydrogen-bond donors (Lipinski definition) is 2. The van der Waals surface area contributed by atoms with E-state index in [2.05, 4.69) is 32.9 Å². The van der Waals surface area contributed by atoms with Crippen molar-refractivity contribution in [2.45, 2.75) is 33.4 Å². The van der Waals surface area contributed by atoms with E-state index in [0.29, 0.717) is 55.9 Å². The summed E-state index contributed by atoms with van der Waals surface area (Å²) in [5.41, 5.74) is 4.82. The van der Waals surface area contributed by atoms with Crippen molar-refractivity contribution < 1.29 is 18.8 Å². The number of amides is 2. The zero-order valence-corrected chi connectivity index (χ0v) is 25.1. The topological polar surface area (TPSA) is 116 Å². The first-order valence-electron chi connectivity index (χ1n) is 13.3. The Labute approximate surface area is 252 Å². The van der Waals surface area contributed by atoms with Crippen molar-refractivity contribution in [3.8, 4) is 17.1 Å². The predicted octanol–water partition coefficient (Wildman–Crippen LogP) is 2.74. The summed E-state index contributed by atoms with van der Waals surface area (Å²) in [7, 11) is 1.78. The number of aromatic nitrogens is 2. The van der Waals surface area contributed by atoms with Gasteiger partial charge in [-0.25, -0.2) is 5.01 Å². The van der Waals surface area contributed by atoms with Crippen molar-refractivity contribution in [2.75, 3.05) is 51.3 Å². The summed E-state index contributed by atoms with van der Waals surface area (Å²) in [6, 6.07) is 12.1. The van der Waals surface area contributed by atoms with Gasteiger partial charge in [-0.1, -0.05) is 36.3 Å². The molecule has 3 heterocycles. The number of nitrogens with zero attached hydrogens (tertiary/aromatic N) is 5. The molecule has 0 aliphatic carbocycles. The highest BCUT2D eigenvalue weighted by molar-refractivity contribution is 5.88. The summed E-state index contributed by atoms with van der Waals surface area (Å²) in [4.78, 5) is 32.8. The zero-order valence-electron chi connectivity index (χ0n) is 23.5. The first-order valence-corrected chi connectivity index (χ1v) is 13.3. The van der Waals surface area contributed by atoms with E-state index in [0.717, 1.165) is 24.1 Å². The number of aryl methyl sites for hydroxylation is 1. The molecule has 2 aromatic carbocycles. The molecule has 0 fully saturated rings. The van der Waals surface area contributed by atoms with E-state index < -0.39 is 0 Å². The molecule has 0 bridgehead atoms. The summed E-state index contributed by atoms with van der Waals surface area (Å²) in [5, 5.41) is 13.9. The number of rotatable bonds is 11. The lowest BCUT2D eigenvalue weighted by Crippen LogP contribution is -2.48. The fourth-order valence-electron chi connectivity index (χ4n) is 4.94. The highest BCUT2D eigenvalue weighted by Crippen LogP contribution is 2.40. The van der Waals surface area contributed by atoms with Gasteiger partial charge in [-0.3, -0.25) is 14.6 Å². The summed E-state index contributed by atoms with van der Waals surface area (Å²) in [6.07, 6.45) is 0.718. The lowest BCUT2D eigenvalue weighted by Gasteiger charge is -2.32. The maximum atomic E-state index is 13.6. The molecule has 0 unspecified atom stereocenters. The maximum Gasteiger partial charge on any atom is 0.256 e. The maximum absolute atomic E-state index is 13.6. The number of hydrogen-bond acceptors (Lipinski definition) is 9. The van der Waals surface area contributed by atoms with Gasteiger partial charge in [0, 0.05) is 57.7 Å². The van der Waals surface area contributed by atoms with Crippen LogP contribution in [-0.2, 0) is 29.1 Å². The van der Waals surface area contributed by atoms with Crippen LogP contribution in [-0.4, -0.2) is 78.4 Å². The average molecular weight is 607 g/mol. The highest BCUT2D eigenvalue weighted by Gasteiger charge is 2.29. The van der Waals surface area contributed by atoms with Crippen molar-refractivity contribution in [3.05, 3.63) is 59.0 Å². The fraction of sp³-hybridized carbons (Fsp3) is 0.429. The molecular weight excluding hydrogens is 569 g/mol. The quantitative estimate of drug-likeness (QED) is 0.318. The van der Waals surface area contributed by atoms with Crippen molar-refractivity contribution >= 4 is 42.3 Å². The molecule has 0 saturated carbocycles. The molecule has 0 spiro atoms. The van der Waals surface area contributed by atoms with Crippen molar-refractivity contribution in [2.24, 2.45) is 0 Å². The monoisotopic (exact) mass is 605 g/mol. The van der Waals surface area contributed by atoms with E-state index in [1.54, 1.807) is 23.9 Å². The minimum atomic E-state index is -0.176. The van der Waals surface area contributed by atoms with E-state index in [1.165, 1.54) is 11.1 Å². The molecule has 2 aliphatic rings. The molecule has 2 aliphatic heterocycles. The molecule has 0 radical (unpaired) electrons. The van der Waals surface area contributed by atoms with Gasteiger partial charge >= 0.3 is 0 Å². The number of carbonyl (C=O) groups is 2. The van der Waals surface area contributed by atoms with Crippen molar-refractivity contribution in [3.63, 3.8) is 0 Å². The van der Waals surface area contributed by atoms with Crippen molar-refractivity contribution in [1.82, 2.24) is 30.8 Å². The number of carbonyl (C=O) groups excluding carboxylic acids is 2. The first kappa shape index (κ1) is 32.1. The van der Waals surface area contributed by atoms with E-state index >= 15 is 0 Å². The molecular formula is C28H37Cl2N7O4. The van der Waals surface area contributed by atoms with Gasteiger partial charge in [0.25, 0.3) is 5.91 Å². The number of ether oxygens (including phenoxy) is 1.